The van der Waals surface area contributed by atoms with Gasteiger partial charge in [0.25, 0.3) is 0 Å². The van der Waals surface area contributed by atoms with Crippen LogP contribution in [-0.2, 0) is 13.0 Å². The second-order valence-corrected chi connectivity index (χ2v) is 5.49. The van der Waals surface area contributed by atoms with Crippen LogP contribution in [0.25, 0.3) is 0 Å². The number of nitrogens with one attached hydrogen (secondary N) is 1. The van der Waals surface area contributed by atoms with E-state index in [-0.39, 0.29) is 5.82 Å². The van der Waals surface area contributed by atoms with Crippen LogP contribution in [0.1, 0.15) is 38.1 Å². The normalized spacial score (nSPS) is 12.8. The number of aromatic nitrogens is 2. The highest BCUT2D eigenvalue weighted by atomic mass is 19.1. The lowest BCUT2D eigenvalue weighted by molar-refractivity contribution is 0.505. The van der Waals surface area contributed by atoms with E-state index >= 15 is 0 Å². The molecule has 1 aromatic carbocycles. The van der Waals surface area contributed by atoms with Gasteiger partial charge in [-0.2, -0.15) is 5.10 Å². The van der Waals surface area contributed by atoms with Gasteiger partial charge in [0.15, 0.2) is 0 Å². The summed E-state index contributed by atoms with van der Waals surface area (Å²) in [4.78, 5) is 0. The minimum Gasteiger partial charge on any atom is -0.308 e. The van der Waals surface area contributed by atoms with E-state index in [9.17, 15) is 4.39 Å². The third kappa shape index (κ3) is 4.17. The van der Waals surface area contributed by atoms with Crippen molar-refractivity contribution in [3.8, 4) is 0 Å². The SMILES string of the molecule is CC(Cc1ccc(F)cc1)NCc1ccn(C(C)C)n1. The maximum atomic E-state index is 12.8. The van der Waals surface area contributed by atoms with Crippen molar-refractivity contribution in [2.24, 2.45) is 0 Å². The van der Waals surface area contributed by atoms with Gasteiger partial charge in [-0.25, -0.2) is 4.39 Å². The summed E-state index contributed by atoms with van der Waals surface area (Å²) in [6.07, 6.45) is 2.89. The smallest absolute Gasteiger partial charge is 0.123 e. The summed E-state index contributed by atoms with van der Waals surface area (Å²) >= 11 is 0. The summed E-state index contributed by atoms with van der Waals surface area (Å²) in [5.41, 5.74) is 2.18. The molecule has 3 nitrogen and oxygen atoms in total. The average Bonchev–Trinajstić information content (AvgIpc) is 2.88. The highest BCUT2D eigenvalue weighted by molar-refractivity contribution is 5.17. The molecule has 0 spiro atoms. The fraction of sp³-hybridized carbons (Fsp3) is 0.438. The Hall–Kier alpha value is -1.68. The zero-order chi connectivity index (χ0) is 14.5. The maximum absolute atomic E-state index is 12.8. The van der Waals surface area contributed by atoms with Gasteiger partial charge in [-0.3, -0.25) is 4.68 Å². The summed E-state index contributed by atoms with van der Waals surface area (Å²) in [6.45, 7) is 7.10. The molecule has 0 saturated carbocycles. The van der Waals surface area contributed by atoms with E-state index in [0.717, 1.165) is 24.2 Å². The van der Waals surface area contributed by atoms with E-state index < -0.39 is 0 Å². The molecule has 20 heavy (non-hydrogen) atoms. The summed E-state index contributed by atoms with van der Waals surface area (Å²) in [6, 6.07) is 9.43. The maximum Gasteiger partial charge on any atom is 0.123 e. The van der Waals surface area contributed by atoms with Crippen molar-refractivity contribution in [1.29, 1.82) is 0 Å². The molecule has 0 aliphatic rings. The number of benzene rings is 1. The zero-order valence-corrected chi connectivity index (χ0v) is 12.3. The molecule has 0 fully saturated rings. The largest absolute Gasteiger partial charge is 0.308 e. The molecular weight excluding hydrogens is 253 g/mol. The Bertz CT molecular complexity index is 531. The van der Waals surface area contributed by atoms with Crippen LogP contribution in [0.5, 0.6) is 0 Å². The van der Waals surface area contributed by atoms with Crippen LogP contribution in [0, 0.1) is 5.82 Å². The van der Waals surface area contributed by atoms with Gasteiger partial charge in [0, 0.05) is 24.8 Å². The molecule has 0 bridgehead atoms. The first kappa shape index (κ1) is 14.7. The minimum atomic E-state index is -0.186. The third-order valence-electron chi connectivity index (χ3n) is 3.28. The van der Waals surface area contributed by atoms with Crippen molar-refractivity contribution < 1.29 is 4.39 Å². The van der Waals surface area contributed by atoms with Crippen molar-refractivity contribution in [1.82, 2.24) is 15.1 Å². The second-order valence-electron chi connectivity index (χ2n) is 5.49. The molecule has 1 N–H and O–H groups in total. The highest BCUT2D eigenvalue weighted by Gasteiger charge is 2.06. The number of hydrogen-bond donors (Lipinski definition) is 1. The van der Waals surface area contributed by atoms with E-state index in [4.69, 9.17) is 0 Å². The van der Waals surface area contributed by atoms with E-state index in [2.05, 4.69) is 31.2 Å². The van der Waals surface area contributed by atoms with Gasteiger partial charge in [0.1, 0.15) is 5.82 Å². The molecule has 4 heteroatoms. The van der Waals surface area contributed by atoms with Crippen LogP contribution in [0.2, 0.25) is 0 Å². The molecule has 2 aromatic rings. The van der Waals surface area contributed by atoms with Gasteiger partial charge in [-0.1, -0.05) is 12.1 Å². The molecule has 0 aliphatic carbocycles. The van der Waals surface area contributed by atoms with Crippen molar-refractivity contribution in [3.63, 3.8) is 0 Å². The predicted octanol–water partition coefficient (Wildman–Crippen LogP) is 3.32. The highest BCUT2D eigenvalue weighted by Crippen LogP contribution is 2.07. The zero-order valence-electron chi connectivity index (χ0n) is 12.3. The van der Waals surface area contributed by atoms with Crippen LogP contribution in [0.15, 0.2) is 36.5 Å². The molecule has 1 unspecified atom stereocenters. The molecule has 1 heterocycles. The molecular formula is C16H22FN3. The number of hydrogen-bond acceptors (Lipinski definition) is 2. The van der Waals surface area contributed by atoms with Crippen LogP contribution in [0.3, 0.4) is 0 Å². The van der Waals surface area contributed by atoms with Crippen LogP contribution >= 0.6 is 0 Å². The predicted molar refractivity (Wildman–Crippen MR) is 79.0 cm³/mol. The van der Waals surface area contributed by atoms with E-state index in [1.54, 1.807) is 0 Å². The Morgan fingerprint density at radius 3 is 2.45 bits per heavy atom. The summed E-state index contributed by atoms with van der Waals surface area (Å²) in [7, 11) is 0. The Morgan fingerprint density at radius 2 is 1.85 bits per heavy atom. The van der Waals surface area contributed by atoms with Gasteiger partial charge < -0.3 is 5.32 Å². The molecule has 0 radical (unpaired) electrons. The van der Waals surface area contributed by atoms with Crippen LogP contribution in [-0.4, -0.2) is 15.8 Å². The van der Waals surface area contributed by atoms with Gasteiger partial charge >= 0.3 is 0 Å². The quantitative estimate of drug-likeness (QED) is 0.876. The van der Waals surface area contributed by atoms with E-state index in [1.165, 1.54) is 12.1 Å². The molecule has 0 amide bonds. The molecule has 0 aliphatic heterocycles. The molecule has 1 atom stereocenters. The Labute approximate surface area is 119 Å². The fourth-order valence-electron chi connectivity index (χ4n) is 2.08. The Balaban J connectivity index is 1.82. The third-order valence-corrected chi connectivity index (χ3v) is 3.28. The lowest BCUT2D eigenvalue weighted by Crippen LogP contribution is -2.27. The topological polar surface area (TPSA) is 29.9 Å². The van der Waals surface area contributed by atoms with Crippen molar-refractivity contribution in [2.75, 3.05) is 0 Å². The van der Waals surface area contributed by atoms with Gasteiger partial charge in [-0.15, -0.1) is 0 Å². The number of nitrogens with zero attached hydrogens (tertiary/aromatic N) is 2. The first-order valence-electron chi connectivity index (χ1n) is 7.06. The number of halogens is 1. The van der Waals surface area contributed by atoms with Crippen molar-refractivity contribution >= 4 is 0 Å². The second kappa shape index (κ2) is 6.66. The minimum absolute atomic E-state index is 0.186. The fourth-order valence-corrected chi connectivity index (χ4v) is 2.08. The van der Waals surface area contributed by atoms with E-state index in [1.807, 2.05) is 29.1 Å². The van der Waals surface area contributed by atoms with Crippen LogP contribution in [0.4, 0.5) is 4.39 Å². The number of rotatable bonds is 6. The van der Waals surface area contributed by atoms with Gasteiger partial charge in [0.2, 0.25) is 0 Å². The molecule has 108 valence electrons. The lowest BCUT2D eigenvalue weighted by Gasteiger charge is -2.13. The lowest BCUT2D eigenvalue weighted by atomic mass is 10.1. The first-order valence-corrected chi connectivity index (χ1v) is 7.06. The average molecular weight is 275 g/mol. The molecule has 0 saturated heterocycles. The van der Waals surface area contributed by atoms with E-state index in [0.29, 0.717) is 12.1 Å². The van der Waals surface area contributed by atoms with Gasteiger partial charge in [0.05, 0.1) is 5.69 Å². The van der Waals surface area contributed by atoms with Crippen molar-refractivity contribution in [2.45, 2.75) is 45.8 Å². The Morgan fingerprint density at radius 1 is 1.15 bits per heavy atom. The van der Waals surface area contributed by atoms with Crippen LogP contribution < -0.4 is 5.32 Å². The first-order chi connectivity index (χ1) is 9.54. The molecule has 2 rings (SSSR count). The Kier molecular flexibility index (Phi) is 4.90. The standard InChI is InChI=1S/C16H22FN3/c1-12(2)20-9-8-16(19-20)11-18-13(3)10-14-4-6-15(17)7-5-14/h4-9,12-13,18H,10-11H2,1-3H3. The van der Waals surface area contributed by atoms with Gasteiger partial charge in [-0.05, 0) is 51.0 Å². The summed E-state index contributed by atoms with van der Waals surface area (Å²) < 4.78 is 14.8. The van der Waals surface area contributed by atoms with Crippen molar-refractivity contribution in [3.05, 3.63) is 53.6 Å². The molecule has 1 aromatic heterocycles. The summed E-state index contributed by atoms with van der Waals surface area (Å²) in [5.74, 6) is -0.186. The summed E-state index contributed by atoms with van der Waals surface area (Å²) in [5, 5.41) is 7.95. The monoisotopic (exact) mass is 275 g/mol.